The molecule has 0 spiro atoms. The summed E-state index contributed by atoms with van der Waals surface area (Å²) in [5, 5.41) is 0.553. The fraction of sp³-hybridized carbons (Fsp3) is 0.364. The Morgan fingerprint density at radius 1 is 1.13 bits per heavy atom. The zero-order chi connectivity index (χ0) is 22.6. The monoisotopic (exact) mass is 461 g/mol. The van der Waals surface area contributed by atoms with E-state index in [0.717, 1.165) is 10.2 Å². The molecule has 0 unspecified atom stereocenters. The van der Waals surface area contributed by atoms with Crippen molar-refractivity contribution in [1.82, 2.24) is 9.29 Å². The maximum Gasteiger partial charge on any atom is 0.260 e. The lowest BCUT2D eigenvalue weighted by Crippen LogP contribution is -2.34. The van der Waals surface area contributed by atoms with Gasteiger partial charge in [-0.3, -0.25) is 9.69 Å². The first-order valence-corrected chi connectivity index (χ1v) is 12.4. The van der Waals surface area contributed by atoms with E-state index in [-0.39, 0.29) is 10.8 Å². The van der Waals surface area contributed by atoms with Gasteiger partial charge in [-0.15, -0.1) is 0 Å². The summed E-state index contributed by atoms with van der Waals surface area (Å²) in [6.45, 7) is 6.69. The molecule has 9 heteroatoms. The molecule has 1 aromatic heterocycles. The van der Waals surface area contributed by atoms with E-state index in [1.807, 2.05) is 24.3 Å². The van der Waals surface area contributed by atoms with Crippen LogP contribution in [0.15, 0.2) is 47.4 Å². The van der Waals surface area contributed by atoms with Crippen LogP contribution in [-0.2, 0) is 14.8 Å². The number of methoxy groups -OCH3 is 1. The van der Waals surface area contributed by atoms with Crippen molar-refractivity contribution in [1.29, 1.82) is 0 Å². The van der Waals surface area contributed by atoms with E-state index in [0.29, 0.717) is 42.5 Å². The summed E-state index contributed by atoms with van der Waals surface area (Å²) in [4.78, 5) is 19.8. The van der Waals surface area contributed by atoms with Crippen LogP contribution in [0.25, 0.3) is 10.2 Å². The molecule has 1 heterocycles. The number of amides is 1. The first-order valence-electron chi connectivity index (χ1n) is 10.1. The molecule has 0 radical (unpaired) electrons. The lowest BCUT2D eigenvalue weighted by atomic mass is 10.1. The molecule has 31 heavy (non-hydrogen) atoms. The number of hydrogen-bond acceptors (Lipinski definition) is 6. The van der Waals surface area contributed by atoms with Crippen LogP contribution in [0, 0.1) is 6.92 Å². The van der Waals surface area contributed by atoms with Gasteiger partial charge < -0.3 is 4.74 Å². The third-order valence-electron chi connectivity index (χ3n) is 5.04. The van der Waals surface area contributed by atoms with E-state index < -0.39 is 10.0 Å². The Hall–Kier alpha value is -2.33. The van der Waals surface area contributed by atoms with Gasteiger partial charge in [0.25, 0.3) is 5.91 Å². The minimum absolute atomic E-state index is 0.151. The Bertz CT molecular complexity index is 1140. The Kier molecular flexibility index (Phi) is 7.42. The average molecular weight is 462 g/mol. The van der Waals surface area contributed by atoms with Crippen molar-refractivity contribution in [3.8, 4) is 0 Å². The van der Waals surface area contributed by atoms with E-state index in [2.05, 4.69) is 4.98 Å². The lowest BCUT2D eigenvalue weighted by Gasteiger charge is -2.22. The number of rotatable bonds is 9. The number of anilines is 1. The molecule has 0 fully saturated rings. The van der Waals surface area contributed by atoms with Gasteiger partial charge in [-0.2, -0.15) is 4.31 Å². The molecule has 7 nitrogen and oxygen atoms in total. The van der Waals surface area contributed by atoms with Gasteiger partial charge in [-0.1, -0.05) is 43.4 Å². The fourth-order valence-electron chi connectivity index (χ4n) is 3.31. The number of benzene rings is 2. The van der Waals surface area contributed by atoms with Crippen molar-refractivity contribution >= 4 is 42.6 Å². The predicted octanol–water partition coefficient (Wildman–Crippen LogP) is 3.93. The molecular formula is C22H27N3O4S2. The number of para-hydroxylation sites is 1. The van der Waals surface area contributed by atoms with Gasteiger partial charge in [-0.25, -0.2) is 13.4 Å². The molecule has 0 saturated heterocycles. The number of fused-ring (bicyclic) bond motifs is 1. The van der Waals surface area contributed by atoms with Crippen LogP contribution in [-0.4, -0.2) is 57.0 Å². The largest absolute Gasteiger partial charge is 0.383 e. The molecule has 0 aliphatic heterocycles. The molecule has 1 amide bonds. The highest BCUT2D eigenvalue weighted by Gasteiger charge is 2.27. The summed E-state index contributed by atoms with van der Waals surface area (Å²) in [6.07, 6.45) is 0. The van der Waals surface area contributed by atoms with E-state index in [9.17, 15) is 13.2 Å². The first-order chi connectivity index (χ1) is 14.8. The summed E-state index contributed by atoms with van der Waals surface area (Å²) in [5.41, 5.74) is 1.71. The van der Waals surface area contributed by atoms with Crippen LogP contribution in [0.3, 0.4) is 0 Å². The fourth-order valence-corrected chi connectivity index (χ4v) is 6.01. The maximum absolute atomic E-state index is 13.5. The lowest BCUT2D eigenvalue weighted by molar-refractivity contribution is 0.0975. The molecule has 0 N–H and O–H groups in total. The number of carbonyl (C=O) groups excluding carboxylic acids is 1. The number of hydrogen-bond donors (Lipinski definition) is 0. The normalized spacial score (nSPS) is 11.9. The topological polar surface area (TPSA) is 79.8 Å². The Labute approximate surface area is 187 Å². The number of sulfonamides is 1. The SMILES string of the molecule is CCN(CC)S(=O)(=O)c1cc(C(=O)N(CCOC)c2nc3ccccc3s2)ccc1C. The predicted molar refractivity (Wildman–Crippen MR) is 124 cm³/mol. The molecule has 166 valence electrons. The van der Waals surface area contributed by atoms with E-state index in [1.165, 1.54) is 21.7 Å². The molecule has 3 aromatic rings. The van der Waals surface area contributed by atoms with Crippen molar-refractivity contribution in [3.05, 3.63) is 53.6 Å². The van der Waals surface area contributed by atoms with Crippen molar-refractivity contribution in [3.63, 3.8) is 0 Å². The standard InChI is InChI=1S/C22H27N3O4S2/c1-5-24(6-2)31(27,28)20-15-17(12-11-16(20)3)21(26)25(13-14-29-4)22-23-18-9-7-8-10-19(18)30-22/h7-12,15H,5-6,13-14H2,1-4H3. The Morgan fingerprint density at radius 2 is 1.84 bits per heavy atom. The van der Waals surface area contributed by atoms with Gasteiger partial charge in [0.2, 0.25) is 10.0 Å². The van der Waals surface area contributed by atoms with Gasteiger partial charge in [-0.05, 0) is 36.8 Å². The summed E-state index contributed by atoms with van der Waals surface area (Å²) in [6, 6.07) is 12.5. The van der Waals surface area contributed by atoms with E-state index in [1.54, 1.807) is 44.9 Å². The van der Waals surface area contributed by atoms with Crippen LogP contribution in [0.1, 0.15) is 29.8 Å². The highest BCUT2D eigenvalue weighted by atomic mass is 32.2. The zero-order valence-corrected chi connectivity index (χ0v) is 19.8. The third-order valence-corrected chi connectivity index (χ3v) is 8.29. The summed E-state index contributed by atoms with van der Waals surface area (Å²) in [7, 11) is -2.12. The first kappa shape index (κ1) is 23.3. The van der Waals surface area contributed by atoms with Crippen molar-refractivity contribution < 1.29 is 17.9 Å². The molecule has 2 aromatic carbocycles. The van der Waals surface area contributed by atoms with Gasteiger partial charge >= 0.3 is 0 Å². The minimum atomic E-state index is -3.69. The second kappa shape index (κ2) is 9.86. The average Bonchev–Trinajstić information content (AvgIpc) is 3.18. The number of carbonyl (C=O) groups is 1. The second-order valence-corrected chi connectivity index (χ2v) is 9.90. The molecular weight excluding hydrogens is 434 g/mol. The third kappa shape index (κ3) is 4.79. The van der Waals surface area contributed by atoms with E-state index in [4.69, 9.17) is 4.74 Å². The summed E-state index contributed by atoms with van der Waals surface area (Å²) >= 11 is 1.42. The maximum atomic E-state index is 13.5. The number of thiazole rings is 1. The highest BCUT2D eigenvalue weighted by molar-refractivity contribution is 7.89. The second-order valence-electron chi connectivity index (χ2n) is 6.98. The highest BCUT2D eigenvalue weighted by Crippen LogP contribution is 2.30. The molecule has 0 aliphatic carbocycles. The molecule has 0 bridgehead atoms. The van der Waals surface area contributed by atoms with Crippen molar-refractivity contribution in [2.45, 2.75) is 25.7 Å². The smallest absolute Gasteiger partial charge is 0.260 e. The quantitative estimate of drug-likeness (QED) is 0.482. The van der Waals surface area contributed by atoms with Gasteiger partial charge in [0.1, 0.15) is 0 Å². The number of aromatic nitrogens is 1. The number of nitrogens with zero attached hydrogens (tertiary/aromatic N) is 3. The number of ether oxygens (including phenoxy) is 1. The van der Waals surface area contributed by atoms with Crippen LogP contribution in [0.4, 0.5) is 5.13 Å². The summed E-state index contributed by atoms with van der Waals surface area (Å²) in [5.74, 6) is -0.313. The molecule has 0 aliphatic rings. The zero-order valence-electron chi connectivity index (χ0n) is 18.2. The van der Waals surface area contributed by atoms with Gasteiger partial charge in [0.15, 0.2) is 5.13 Å². The minimum Gasteiger partial charge on any atom is -0.383 e. The van der Waals surface area contributed by atoms with Crippen LogP contribution in [0.2, 0.25) is 0 Å². The molecule has 0 saturated carbocycles. The van der Waals surface area contributed by atoms with Gasteiger partial charge in [0, 0.05) is 25.8 Å². The number of aryl methyl sites for hydroxylation is 1. The van der Waals surface area contributed by atoms with Crippen molar-refractivity contribution in [2.75, 3.05) is 38.3 Å². The molecule has 3 rings (SSSR count). The van der Waals surface area contributed by atoms with Crippen molar-refractivity contribution in [2.24, 2.45) is 0 Å². The molecule has 0 atom stereocenters. The van der Waals surface area contributed by atoms with Crippen LogP contribution >= 0.6 is 11.3 Å². The van der Waals surface area contributed by atoms with E-state index >= 15 is 0 Å². The van der Waals surface area contributed by atoms with Crippen LogP contribution < -0.4 is 4.90 Å². The van der Waals surface area contributed by atoms with Gasteiger partial charge in [0.05, 0.1) is 28.3 Å². The Morgan fingerprint density at radius 3 is 2.48 bits per heavy atom. The summed E-state index contributed by atoms with van der Waals surface area (Å²) < 4.78 is 33.7. The Balaban J connectivity index is 2.04. The van der Waals surface area contributed by atoms with Crippen LogP contribution in [0.5, 0.6) is 0 Å².